The van der Waals surface area contributed by atoms with Crippen LogP contribution >= 0.6 is 0 Å². The van der Waals surface area contributed by atoms with Gasteiger partial charge in [0, 0.05) is 23.1 Å². The summed E-state index contributed by atoms with van der Waals surface area (Å²) in [5.74, 6) is -1.17. The number of hydrogen-bond donors (Lipinski definition) is 0. The molecule has 0 atom stereocenters. The maximum Gasteiger partial charge on any atom is 0.261 e. The molecule has 0 unspecified atom stereocenters. The van der Waals surface area contributed by atoms with Crippen molar-refractivity contribution in [1.82, 2.24) is 4.90 Å². The van der Waals surface area contributed by atoms with Gasteiger partial charge >= 0.3 is 0 Å². The number of imide groups is 1. The molecule has 5 heteroatoms. The number of carbonyl (C=O) groups is 3. The van der Waals surface area contributed by atoms with E-state index in [9.17, 15) is 18.8 Å². The summed E-state index contributed by atoms with van der Waals surface area (Å²) in [5, 5.41) is 1.32. The van der Waals surface area contributed by atoms with Gasteiger partial charge in [0.05, 0.1) is 5.56 Å². The number of amides is 2. The third kappa shape index (κ3) is 3.30. The molecule has 2 amide bonds. The summed E-state index contributed by atoms with van der Waals surface area (Å²) in [5.41, 5.74) is 2.27. The van der Waals surface area contributed by atoms with Crippen molar-refractivity contribution in [2.45, 2.75) is 32.6 Å². The van der Waals surface area contributed by atoms with E-state index in [4.69, 9.17) is 0 Å². The van der Waals surface area contributed by atoms with Gasteiger partial charge in [-0.3, -0.25) is 19.3 Å². The molecule has 1 heterocycles. The SMILES string of the molecule is CCCCCCN1C(=O)c2cccc3c(-c4ccc(C=O)c(F)c4)ccc(c23)C1=O. The van der Waals surface area contributed by atoms with E-state index in [1.807, 2.05) is 6.07 Å². The second-order valence-corrected chi connectivity index (χ2v) is 7.57. The molecule has 0 aromatic heterocycles. The van der Waals surface area contributed by atoms with Crippen molar-refractivity contribution in [1.29, 1.82) is 0 Å². The van der Waals surface area contributed by atoms with Crippen molar-refractivity contribution in [2.75, 3.05) is 6.54 Å². The lowest BCUT2D eigenvalue weighted by Gasteiger charge is -2.28. The van der Waals surface area contributed by atoms with Gasteiger partial charge in [-0.1, -0.05) is 50.5 Å². The van der Waals surface area contributed by atoms with Crippen LogP contribution in [0.15, 0.2) is 48.5 Å². The summed E-state index contributed by atoms with van der Waals surface area (Å²) in [6.07, 6.45) is 4.40. The lowest BCUT2D eigenvalue weighted by atomic mass is 9.89. The molecule has 0 saturated carbocycles. The molecule has 0 bridgehead atoms. The Morgan fingerprint density at radius 2 is 1.63 bits per heavy atom. The smallest absolute Gasteiger partial charge is 0.261 e. The molecule has 30 heavy (non-hydrogen) atoms. The fourth-order valence-electron chi connectivity index (χ4n) is 4.09. The molecular formula is C25H22FNO3. The molecule has 3 aromatic carbocycles. The number of nitrogens with zero attached hydrogens (tertiary/aromatic N) is 1. The highest BCUT2D eigenvalue weighted by atomic mass is 19.1. The molecule has 0 aliphatic carbocycles. The highest BCUT2D eigenvalue weighted by Gasteiger charge is 2.32. The van der Waals surface area contributed by atoms with E-state index in [1.54, 1.807) is 30.3 Å². The first-order chi connectivity index (χ1) is 14.6. The van der Waals surface area contributed by atoms with Crippen molar-refractivity contribution in [3.05, 3.63) is 71.0 Å². The number of rotatable bonds is 7. The maximum atomic E-state index is 14.2. The number of carbonyl (C=O) groups excluding carboxylic acids is 3. The topological polar surface area (TPSA) is 54.5 Å². The summed E-state index contributed by atoms with van der Waals surface area (Å²) in [6, 6.07) is 13.2. The third-order valence-corrected chi connectivity index (χ3v) is 5.67. The predicted molar refractivity (Wildman–Crippen MR) is 114 cm³/mol. The van der Waals surface area contributed by atoms with E-state index in [0.717, 1.165) is 31.1 Å². The molecule has 3 aromatic rings. The van der Waals surface area contributed by atoms with E-state index in [2.05, 4.69) is 6.92 Å². The summed E-state index contributed by atoms with van der Waals surface area (Å²) < 4.78 is 14.2. The Morgan fingerprint density at radius 3 is 2.33 bits per heavy atom. The van der Waals surface area contributed by atoms with E-state index in [1.165, 1.54) is 17.0 Å². The molecule has 1 aliphatic rings. The van der Waals surface area contributed by atoms with Crippen LogP contribution in [0.25, 0.3) is 21.9 Å². The monoisotopic (exact) mass is 403 g/mol. The third-order valence-electron chi connectivity index (χ3n) is 5.67. The molecule has 0 saturated heterocycles. The second-order valence-electron chi connectivity index (χ2n) is 7.57. The van der Waals surface area contributed by atoms with E-state index in [0.29, 0.717) is 40.5 Å². The Hall–Kier alpha value is -3.34. The van der Waals surface area contributed by atoms with Gasteiger partial charge in [-0.25, -0.2) is 4.39 Å². The van der Waals surface area contributed by atoms with Crippen LogP contribution in [0.4, 0.5) is 4.39 Å². The fourth-order valence-corrected chi connectivity index (χ4v) is 4.09. The number of unbranched alkanes of at least 4 members (excludes halogenated alkanes) is 3. The molecule has 152 valence electrons. The molecule has 1 aliphatic heterocycles. The first-order valence-electron chi connectivity index (χ1n) is 10.2. The molecule has 0 spiro atoms. The largest absolute Gasteiger partial charge is 0.298 e. The van der Waals surface area contributed by atoms with Crippen molar-refractivity contribution in [2.24, 2.45) is 0 Å². The van der Waals surface area contributed by atoms with Crippen molar-refractivity contribution < 1.29 is 18.8 Å². The molecule has 0 N–H and O–H groups in total. The zero-order valence-corrected chi connectivity index (χ0v) is 16.8. The standard InChI is InChI=1S/C25H22FNO3/c1-2-3-4-5-13-27-24(29)20-8-6-7-19-18(11-12-21(23(19)20)25(27)30)16-9-10-17(15-28)22(26)14-16/h6-12,14-15H,2-5,13H2,1H3. The summed E-state index contributed by atoms with van der Waals surface area (Å²) in [4.78, 5) is 38.4. The van der Waals surface area contributed by atoms with Crippen LogP contribution in [0.3, 0.4) is 0 Å². The minimum atomic E-state index is -0.603. The van der Waals surface area contributed by atoms with Crippen LogP contribution in [0.2, 0.25) is 0 Å². The van der Waals surface area contributed by atoms with Crippen LogP contribution in [-0.2, 0) is 0 Å². The zero-order chi connectivity index (χ0) is 21.3. The lowest BCUT2D eigenvalue weighted by molar-refractivity contribution is 0.0607. The molecule has 0 radical (unpaired) electrons. The fraction of sp³-hybridized carbons (Fsp3) is 0.240. The van der Waals surface area contributed by atoms with Gasteiger partial charge in [0.1, 0.15) is 5.82 Å². The highest BCUT2D eigenvalue weighted by molar-refractivity contribution is 6.26. The van der Waals surface area contributed by atoms with Gasteiger partial charge < -0.3 is 0 Å². The first kappa shape index (κ1) is 20.0. The van der Waals surface area contributed by atoms with Gasteiger partial charge in [0.15, 0.2) is 6.29 Å². The molecule has 4 nitrogen and oxygen atoms in total. The van der Waals surface area contributed by atoms with Crippen molar-refractivity contribution in [3.63, 3.8) is 0 Å². The second kappa shape index (κ2) is 8.19. The van der Waals surface area contributed by atoms with Gasteiger partial charge in [-0.05, 0) is 47.2 Å². The maximum absolute atomic E-state index is 14.2. The highest BCUT2D eigenvalue weighted by Crippen LogP contribution is 2.37. The molecule has 0 fully saturated rings. The van der Waals surface area contributed by atoms with Gasteiger partial charge in [0.25, 0.3) is 11.8 Å². The number of benzene rings is 3. The van der Waals surface area contributed by atoms with E-state index >= 15 is 0 Å². The van der Waals surface area contributed by atoms with Crippen LogP contribution in [-0.4, -0.2) is 29.5 Å². The summed E-state index contributed by atoms with van der Waals surface area (Å²) >= 11 is 0. The molecular weight excluding hydrogens is 381 g/mol. The zero-order valence-electron chi connectivity index (χ0n) is 16.8. The Morgan fingerprint density at radius 1 is 0.900 bits per heavy atom. The average molecular weight is 403 g/mol. The summed E-state index contributed by atoms with van der Waals surface area (Å²) in [6.45, 7) is 2.53. The van der Waals surface area contributed by atoms with Gasteiger partial charge in [0.2, 0.25) is 0 Å². The van der Waals surface area contributed by atoms with E-state index in [-0.39, 0.29) is 17.4 Å². The van der Waals surface area contributed by atoms with Crippen LogP contribution < -0.4 is 0 Å². The molecule has 4 rings (SSSR count). The lowest BCUT2D eigenvalue weighted by Crippen LogP contribution is -2.40. The van der Waals surface area contributed by atoms with Crippen molar-refractivity contribution >= 4 is 28.9 Å². The number of halogens is 1. The Balaban J connectivity index is 1.79. The quantitative estimate of drug-likeness (QED) is 0.292. The Bertz CT molecular complexity index is 1150. The van der Waals surface area contributed by atoms with Crippen LogP contribution in [0.5, 0.6) is 0 Å². The minimum Gasteiger partial charge on any atom is -0.298 e. The minimum absolute atomic E-state index is 0.00875. The average Bonchev–Trinajstić information content (AvgIpc) is 2.76. The van der Waals surface area contributed by atoms with Crippen LogP contribution in [0, 0.1) is 5.82 Å². The predicted octanol–water partition coefficient (Wildman–Crippen LogP) is 5.63. The van der Waals surface area contributed by atoms with Crippen LogP contribution in [0.1, 0.15) is 63.7 Å². The first-order valence-corrected chi connectivity index (χ1v) is 10.2. The summed E-state index contributed by atoms with van der Waals surface area (Å²) in [7, 11) is 0. The van der Waals surface area contributed by atoms with E-state index < -0.39 is 5.82 Å². The Labute approximate surface area is 174 Å². The normalized spacial score (nSPS) is 13.2. The van der Waals surface area contributed by atoms with Gasteiger partial charge in [-0.15, -0.1) is 0 Å². The van der Waals surface area contributed by atoms with Gasteiger partial charge in [-0.2, -0.15) is 0 Å². The number of aldehydes is 1. The number of hydrogen-bond acceptors (Lipinski definition) is 3. The van der Waals surface area contributed by atoms with Crippen molar-refractivity contribution in [3.8, 4) is 11.1 Å². The Kier molecular flexibility index (Phi) is 5.44.